The molecule has 1 saturated heterocycles. The number of esters is 1. The summed E-state index contributed by atoms with van der Waals surface area (Å²) in [6.07, 6.45) is 0. The Balaban J connectivity index is 1.90. The van der Waals surface area contributed by atoms with Gasteiger partial charge in [-0.05, 0) is 19.1 Å². The lowest BCUT2D eigenvalue weighted by molar-refractivity contribution is 0.0527. The Morgan fingerprint density at radius 2 is 2.19 bits per heavy atom. The quantitative estimate of drug-likeness (QED) is 0.618. The topological polar surface area (TPSA) is 67.6 Å². The third kappa shape index (κ3) is 4.54. The highest BCUT2D eigenvalue weighted by Crippen LogP contribution is 2.23. The van der Waals surface area contributed by atoms with E-state index in [1.807, 2.05) is 23.9 Å². The number of thioether (sulfide) groups is 1. The summed E-state index contributed by atoms with van der Waals surface area (Å²) in [6, 6.07) is 5.41. The van der Waals surface area contributed by atoms with Gasteiger partial charge in [0.15, 0.2) is 0 Å². The molecule has 0 unspecified atom stereocenters. The van der Waals surface area contributed by atoms with Gasteiger partial charge in [0.1, 0.15) is 0 Å². The van der Waals surface area contributed by atoms with E-state index in [1.54, 1.807) is 13.0 Å². The second-order valence-electron chi connectivity index (χ2n) is 4.87. The van der Waals surface area contributed by atoms with E-state index in [9.17, 15) is 4.79 Å². The molecule has 0 amide bonds. The maximum Gasteiger partial charge on any atom is 0.340 e. The van der Waals surface area contributed by atoms with Crippen molar-refractivity contribution in [2.45, 2.75) is 6.92 Å². The van der Waals surface area contributed by atoms with Crippen molar-refractivity contribution in [3.05, 3.63) is 23.8 Å². The van der Waals surface area contributed by atoms with Gasteiger partial charge in [0.2, 0.25) is 0 Å². The van der Waals surface area contributed by atoms with Gasteiger partial charge in [0.05, 0.1) is 23.5 Å². The average molecular weight is 309 g/mol. The van der Waals surface area contributed by atoms with Crippen LogP contribution in [0.2, 0.25) is 0 Å². The number of carbonyl (C=O) groups excluding carboxylic acids is 1. The van der Waals surface area contributed by atoms with Gasteiger partial charge in [-0.2, -0.15) is 11.8 Å². The lowest BCUT2D eigenvalue weighted by atomic mass is 10.1. The number of para-hydroxylation sites is 1. The second kappa shape index (κ2) is 8.14. The summed E-state index contributed by atoms with van der Waals surface area (Å²) in [4.78, 5) is 14.2. The molecule has 0 spiro atoms. The summed E-state index contributed by atoms with van der Waals surface area (Å²) >= 11 is 2.01. The Bertz CT molecular complexity index is 476. The molecule has 2 rings (SSSR count). The number of nitrogens with two attached hydrogens (primary N) is 1. The molecule has 0 saturated carbocycles. The first-order chi connectivity index (χ1) is 10.2. The zero-order valence-corrected chi connectivity index (χ0v) is 13.2. The molecular formula is C15H23N3O2S. The first-order valence-corrected chi connectivity index (χ1v) is 8.47. The van der Waals surface area contributed by atoms with Crippen molar-refractivity contribution >= 4 is 29.1 Å². The van der Waals surface area contributed by atoms with E-state index in [0.29, 0.717) is 17.9 Å². The Kier molecular flexibility index (Phi) is 6.20. The second-order valence-corrected chi connectivity index (χ2v) is 6.09. The molecule has 3 N–H and O–H groups in total. The number of carbonyl (C=O) groups is 1. The zero-order chi connectivity index (χ0) is 15.1. The minimum atomic E-state index is -0.369. The first kappa shape index (κ1) is 16.0. The standard InChI is InChI=1S/C15H23N3O2S/c1-2-20-15(19)12-4-3-5-13(14(12)16)17-6-7-18-8-10-21-11-9-18/h3-5,17H,2,6-11,16H2,1H3. The Morgan fingerprint density at radius 3 is 2.90 bits per heavy atom. The largest absolute Gasteiger partial charge is 0.462 e. The average Bonchev–Trinajstić information content (AvgIpc) is 2.50. The Morgan fingerprint density at radius 1 is 1.43 bits per heavy atom. The molecule has 0 aromatic heterocycles. The predicted molar refractivity (Wildman–Crippen MR) is 89.1 cm³/mol. The predicted octanol–water partition coefficient (Wildman–Crippen LogP) is 1.91. The van der Waals surface area contributed by atoms with Crippen LogP contribution >= 0.6 is 11.8 Å². The summed E-state index contributed by atoms with van der Waals surface area (Å²) in [5.74, 6) is 2.05. The maximum atomic E-state index is 11.8. The minimum Gasteiger partial charge on any atom is -0.462 e. The fourth-order valence-electron chi connectivity index (χ4n) is 2.28. The number of hydrogen-bond acceptors (Lipinski definition) is 6. The van der Waals surface area contributed by atoms with Gasteiger partial charge in [-0.3, -0.25) is 4.90 Å². The first-order valence-electron chi connectivity index (χ1n) is 7.32. The van der Waals surface area contributed by atoms with Crippen LogP contribution in [0.3, 0.4) is 0 Å². The number of anilines is 2. The molecule has 1 aliphatic heterocycles. The van der Waals surface area contributed by atoms with E-state index in [4.69, 9.17) is 10.5 Å². The van der Waals surface area contributed by atoms with Crippen molar-refractivity contribution in [2.24, 2.45) is 0 Å². The Hall–Kier alpha value is -1.40. The third-order valence-corrected chi connectivity index (χ3v) is 4.39. The van der Waals surface area contributed by atoms with Crippen LogP contribution in [0.25, 0.3) is 0 Å². The van der Waals surface area contributed by atoms with Gasteiger partial charge in [0, 0.05) is 37.7 Å². The molecule has 116 valence electrons. The van der Waals surface area contributed by atoms with Gasteiger partial charge in [0.25, 0.3) is 0 Å². The molecule has 1 heterocycles. The van der Waals surface area contributed by atoms with Gasteiger partial charge in [-0.25, -0.2) is 4.79 Å². The highest BCUT2D eigenvalue weighted by atomic mass is 32.2. The van der Waals surface area contributed by atoms with Crippen LogP contribution in [0, 0.1) is 0 Å². The van der Waals surface area contributed by atoms with Crippen molar-refractivity contribution in [3.8, 4) is 0 Å². The SMILES string of the molecule is CCOC(=O)c1cccc(NCCN2CCSCC2)c1N. The maximum absolute atomic E-state index is 11.8. The molecule has 0 aliphatic carbocycles. The fraction of sp³-hybridized carbons (Fsp3) is 0.533. The summed E-state index contributed by atoms with van der Waals surface area (Å²) < 4.78 is 5.01. The van der Waals surface area contributed by atoms with E-state index >= 15 is 0 Å². The summed E-state index contributed by atoms with van der Waals surface area (Å²) in [5, 5.41) is 3.32. The van der Waals surface area contributed by atoms with Crippen molar-refractivity contribution in [3.63, 3.8) is 0 Å². The molecule has 5 nitrogen and oxygen atoms in total. The number of benzene rings is 1. The highest BCUT2D eigenvalue weighted by molar-refractivity contribution is 7.99. The fourth-order valence-corrected chi connectivity index (χ4v) is 3.26. The van der Waals surface area contributed by atoms with E-state index in [0.717, 1.165) is 31.9 Å². The molecule has 0 bridgehead atoms. The number of ether oxygens (including phenoxy) is 1. The lowest BCUT2D eigenvalue weighted by Gasteiger charge is -2.26. The summed E-state index contributed by atoms with van der Waals surface area (Å²) in [5.41, 5.74) is 7.74. The van der Waals surface area contributed by atoms with Crippen molar-refractivity contribution in [2.75, 3.05) is 55.3 Å². The van der Waals surface area contributed by atoms with Crippen LogP contribution in [0.15, 0.2) is 18.2 Å². The summed E-state index contributed by atoms with van der Waals surface area (Å²) in [7, 11) is 0. The molecule has 0 atom stereocenters. The zero-order valence-electron chi connectivity index (χ0n) is 12.4. The minimum absolute atomic E-state index is 0.350. The van der Waals surface area contributed by atoms with Gasteiger partial charge < -0.3 is 15.8 Å². The lowest BCUT2D eigenvalue weighted by Crippen LogP contribution is -2.36. The van der Waals surface area contributed by atoms with Crippen LogP contribution in [0.5, 0.6) is 0 Å². The highest BCUT2D eigenvalue weighted by Gasteiger charge is 2.14. The number of hydrogen-bond donors (Lipinski definition) is 2. The molecule has 1 fully saturated rings. The Labute approximate surface area is 130 Å². The smallest absolute Gasteiger partial charge is 0.340 e. The van der Waals surface area contributed by atoms with Crippen molar-refractivity contribution in [1.29, 1.82) is 0 Å². The number of nitrogen functional groups attached to an aromatic ring is 1. The molecule has 1 aliphatic rings. The molecule has 21 heavy (non-hydrogen) atoms. The van der Waals surface area contributed by atoms with Crippen LogP contribution in [0.1, 0.15) is 17.3 Å². The van der Waals surface area contributed by atoms with E-state index < -0.39 is 0 Å². The van der Waals surface area contributed by atoms with Crippen LogP contribution in [-0.2, 0) is 4.74 Å². The molecule has 1 aromatic carbocycles. The van der Waals surface area contributed by atoms with Crippen LogP contribution in [0.4, 0.5) is 11.4 Å². The number of rotatable bonds is 6. The number of nitrogens with zero attached hydrogens (tertiary/aromatic N) is 1. The molecule has 6 heteroatoms. The van der Waals surface area contributed by atoms with Crippen LogP contribution < -0.4 is 11.1 Å². The third-order valence-electron chi connectivity index (χ3n) is 3.45. The monoisotopic (exact) mass is 309 g/mol. The van der Waals surface area contributed by atoms with Gasteiger partial charge in [-0.1, -0.05) is 6.07 Å². The van der Waals surface area contributed by atoms with E-state index in [1.165, 1.54) is 11.5 Å². The van der Waals surface area contributed by atoms with Crippen molar-refractivity contribution in [1.82, 2.24) is 4.90 Å². The molecular weight excluding hydrogens is 286 g/mol. The molecule has 1 aromatic rings. The molecule has 0 radical (unpaired) electrons. The van der Waals surface area contributed by atoms with Gasteiger partial charge in [-0.15, -0.1) is 0 Å². The van der Waals surface area contributed by atoms with Crippen molar-refractivity contribution < 1.29 is 9.53 Å². The van der Waals surface area contributed by atoms with Gasteiger partial charge >= 0.3 is 5.97 Å². The summed E-state index contributed by atoms with van der Waals surface area (Å²) in [6.45, 7) is 6.23. The normalized spacial score (nSPS) is 15.7. The van der Waals surface area contributed by atoms with E-state index in [-0.39, 0.29) is 5.97 Å². The van der Waals surface area contributed by atoms with Crippen LogP contribution in [-0.4, -0.2) is 55.2 Å². The van der Waals surface area contributed by atoms with E-state index in [2.05, 4.69) is 10.2 Å². The number of nitrogens with one attached hydrogen (secondary N) is 1.